The second-order valence-corrected chi connectivity index (χ2v) is 7.01. The highest BCUT2D eigenvalue weighted by Gasteiger charge is 2.27. The van der Waals surface area contributed by atoms with Crippen LogP contribution in [0.5, 0.6) is 0 Å². The summed E-state index contributed by atoms with van der Waals surface area (Å²) >= 11 is 0. The van der Waals surface area contributed by atoms with Crippen LogP contribution in [0.2, 0.25) is 0 Å². The first-order valence-electron chi connectivity index (χ1n) is 10.1. The van der Waals surface area contributed by atoms with Gasteiger partial charge in [0.2, 0.25) is 17.7 Å². The molecule has 11 N–H and O–H groups in total. The number of nitrogens with one attached hydrogen (secondary N) is 3. The Hall–Kier alpha value is -2.77. The largest absolute Gasteiger partial charge is 0.481 e. The van der Waals surface area contributed by atoms with Gasteiger partial charge in [-0.05, 0) is 45.2 Å². The van der Waals surface area contributed by atoms with Gasteiger partial charge >= 0.3 is 11.9 Å². The Morgan fingerprint density at radius 2 is 1.35 bits per heavy atom. The summed E-state index contributed by atoms with van der Waals surface area (Å²) in [5, 5.41) is 24.9. The Kier molecular flexibility index (Phi) is 14.6. The third-order valence-corrected chi connectivity index (χ3v) is 4.32. The van der Waals surface area contributed by atoms with Crippen molar-refractivity contribution in [2.24, 2.45) is 17.2 Å². The number of hydrogen-bond acceptors (Lipinski definition) is 8. The molecule has 178 valence electrons. The van der Waals surface area contributed by atoms with E-state index in [0.717, 1.165) is 0 Å². The predicted molar refractivity (Wildman–Crippen MR) is 111 cm³/mol. The summed E-state index contributed by atoms with van der Waals surface area (Å²) in [6, 6.07) is -3.53. The van der Waals surface area contributed by atoms with E-state index >= 15 is 0 Å². The minimum atomic E-state index is -1.45. The topological polar surface area (TPSA) is 240 Å². The van der Waals surface area contributed by atoms with Gasteiger partial charge in [0, 0.05) is 0 Å². The van der Waals surface area contributed by atoms with Crippen molar-refractivity contribution >= 4 is 29.7 Å². The molecule has 3 unspecified atom stereocenters. The van der Waals surface area contributed by atoms with Crippen LogP contribution in [0.1, 0.15) is 44.9 Å². The van der Waals surface area contributed by atoms with Crippen molar-refractivity contribution in [3.63, 3.8) is 0 Å². The molecule has 13 heteroatoms. The van der Waals surface area contributed by atoms with Crippen molar-refractivity contribution in [1.29, 1.82) is 0 Å². The van der Waals surface area contributed by atoms with E-state index in [1.165, 1.54) is 0 Å². The molecule has 3 atom stereocenters. The minimum Gasteiger partial charge on any atom is -0.481 e. The van der Waals surface area contributed by atoms with E-state index in [0.29, 0.717) is 45.2 Å². The fourth-order valence-corrected chi connectivity index (χ4v) is 2.59. The van der Waals surface area contributed by atoms with E-state index in [1.807, 2.05) is 0 Å². The van der Waals surface area contributed by atoms with E-state index in [-0.39, 0.29) is 6.42 Å². The van der Waals surface area contributed by atoms with Crippen LogP contribution in [-0.2, 0) is 24.0 Å². The summed E-state index contributed by atoms with van der Waals surface area (Å²) in [6.45, 7) is 0.244. The molecule has 0 aromatic carbocycles. The van der Waals surface area contributed by atoms with E-state index in [2.05, 4.69) is 16.0 Å². The predicted octanol–water partition coefficient (Wildman–Crippen LogP) is -2.78. The SMILES string of the molecule is NCCCCC(N)C(=O)NC(CC(=O)O)C(=O)NCC(=O)NC(CCCCN)C(=O)O. The summed E-state index contributed by atoms with van der Waals surface area (Å²) in [5.74, 6) is -4.94. The summed E-state index contributed by atoms with van der Waals surface area (Å²) in [7, 11) is 0. The highest BCUT2D eigenvalue weighted by molar-refractivity contribution is 5.94. The number of unbranched alkanes of at least 4 members (excludes halogenated alkanes) is 2. The van der Waals surface area contributed by atoms with Crippen LogP contribution in [-0.4, -0.2) is 77.6 Å². The number of carboxylic acid groups (broad SMARTS) is 2. The lowest BCUT2D eigenvalue weighted by molar-refractivity contribution is -0.142. The zero-order valence-corrected chi connectivity index (χ0v) is 17.5. The molecule has 0 spiro atoms. The van der Waals surface area contributed by atoms with E-state index in [4.69, 9.17) is 27.4 Å². The molecule has 0 aromatic heterocycles. The summed E-state index contributed by atoms with van der Waals surface area (Å²) in [6.07, 6.45) is 2.13. The van der Waals surface area contributed by atoms with Gasteiger partial charge in [-0.1, -0.05) is 6.42 Å². The zero-order valence-electron chi connectivity index (χ0n) is 17.5. The lowest BCUT2D eigenvalue weighted by atomic mass is 10.1. The maximum Gasteiger partial charge on any atom is 0.326 e. The molecule has 0 bridgehead atoms. The number of carbonyl (C=O) groups is 5. The molecule has 31 heavy (non-hydrogen) atoms. The third kappa shape index (κ3) is 13.2. The highest BCUT2D eigenvalue weighted by atomic mass is 16.4. The van der Waals surface area contributed by atoms with Gasteiger partial charge in [0.05, 0.1) is 19.0 Å². The fraction of sp³-hybridized carbons (Fsp3) is 0.722. The fourth-order valence-electron chi connectivity index (χ4n) is 2.59. The highest BCUT2D eigenvalue weighted by Crippen LogP contribution is 2.02. The maximum atomic E-state index is 12.3. The summed E-state index contributed by atoms with van der Waals surface area (Å²) < 4.78 is 0. The van der Waals surface area contributed by atoms with Crippen molar-refractivity contribution in [3.8, 4) is 0 Å². The maximum absolute atomic E-state index is 12.3. The minimum absolute atomic E-state index is 0.173. The van der Waals surface area contributed by atoms with Gasteiger partial charge in [-0.15, -0.1) is 0 Å². The van der Waals surface area contributed by atoms with E-state index in [9.17, 15) is 24.0 Å². The van der Waals surface area contributed by atoms with Crippen molar-refractivity contribution in [3.05, 3.63) is 0 Å². The molecule has 0 saturated heterocycles. The third-order valence-electron chi connectivity index (χ3n) is 4.32. The van der Waals surface area contributed by atoms with Gasteiger partial charge in [-0.3, -0.25) is 19.2 Å². The normalized spacial score (nSPS) is 13.5. The van der Waals surface area contributed by atoms with Crippen molar-refractivity contribution in [2.75, 3.05) is 19.6 Å². The summed E-state index contributed by atoms with van der Waals surface area (Å²) in [4.78, 5) is 58.6. The Morgan fingerprint density at radius 3 is 1.87 bits per heavy atom. The lowest BCUT2D eigenvalue weighted by Gasteiger charge is -2.20. The smallest absolute Gasteiger partial charge is 0.326 e. The second kappa shape index (κ2) is 16.0. The van der Waals surface area contributed by atoms with Crippen LogP contribution in [0, 0.1) is 0 Å². The molecule has 0 aliphatic heterocycles. The molecule has 0 aliphatic carbocycles. The Morgan fingerprint density at radius 1 is 0.774 bits per heavy atom. The molecule has 0 rings (SSSR count). The molecule has 3 amide bonds. The van der Waals surface area contributed by atoms with Crippen molar-refractivity contribution in [1.82, 2.24) is 16.0 Å². The molecule has 0 saturated carbocycles. The first kappa shape index (κ1) is 28.2. The first-order valence-corrected chi connectivity index (χ1v) is 10.1. The molecule has 0 heterocycles. The van der Waals surface area contributed by atoms with Gasteiger partial charge in [-0.25, -0.2) is 4.79 Å². The Bertz CT molecular complexity index is 616. The molecular weight excluding hydrogens is 412 g/mol. The quantitative estimate of drug-likeness (QED) is 0.107. The zero-order chi connectivity index (χ0) is 23.8. The van der Waals surface area contributed by atoms with Crippen molar-refractivity contribution < 1.29 is 34.2 Å². The second-order valence-electron chi connectivity index (χ2n) is 7.01. The van der Waals surface area contributed by atoms with Crippen LogP contribution in [0.25, 0.3) is 0 Å². The molecule has 0 aromatic rings. The standard InChI is InChI=1S/C18H34N6O7/c19-7-3-1-5-11(21)16(28)24-13(9-15(26)27)17(29)22-10-14(25)23-12(18(30)31)6-2-4-8-20/h11-13H,1-10,19-21H2,(H,22,29)(H,23,25)(H,24,28)(H,26,27)(H,30,31). The van der Waals surface area contributed by atoms with Crippen LogP contribution in [0.4, 0.5) is 0 Å². The van der Waals surface area contributed by atoms with E-state index < -0.39 is 60.8 Å². The molecule has 0 radical (unpaired) electrons. The average Bonchev–Trinajstić information content (AvgIpc) is 2.70. The Balaban J connectivity index is 4.75. The number of rotatable bonds is 17. The monoisotopic (exact) mass is 446 g/mol. The van der Waals surface area contributed by atoms with Gasteiger partial charge < -0.3 is 43.4 Å². The number of aliphatic carboxylic acids is 2. The average molecular weight is 447 g/mol. The summed E-state index contributed by atoms with van der Waals surface area (Å²) in [5.41, 5.74) is 16.5. The van der Waals surface area contributed by atoms with E-state index in [1.54, 1.807) is 0 Å². The number of amides is 3. The number of nitrogens with two attached hydrogens (primary N) is 3. The van der Waals surface area contributed by atoms with Gasteiger partial charge in [0.25, 0.3) is 0 Å². The first-order chi connectivity index (χ1) is 14.6. The van der Waals surface area contributed by atoms with Gasteiger partial charge in [0.1, 0.15) is 12.1 Å². The Labute approximate surface area is 180 Å². The van der Waals surface area contributed by atoms with Gasteiger partial charge in [-0.2, -0.15) is 0 Å². The van der Waals surface area contributed by atoms with Crippen LogP contribution in [0.15, 0.2) is 0 Å². The van der Waals surface area contributed by atoms with Crippen LogP contribution in [0.3, 0.4) is 0 Å². The number of carbonyl (C=O) groups excluding carboxylic acids is 3. The van der Waals surface area contributed by atoms with Crippen molar-refractivity contribution in [2.45, 2.75) is 63.1 Å². The molecule has 0 aliphatic rings. The molecule has 0 fully saturated rings. The number of carboxylic acids is 2. The molecular formula is C18H34N6O7. The lowest BCUT2D eigenvalue weighted by Crippen LogP contribution is -2.54. The number of hydrogen-bond donors (Lipinski definition) is 8. The van der Waals surface area contributed by atoms with Gasteiger partial charge in [0.15, 0.2) is 0 Å². The van der Waals surface area contributed by atoms with Crippen LogP contribution >= 0.6 is 0 Å². The molecule has 13 nitrogen and oxygen atoms in total. The van der Waals surface area contributed by atoms with Crippen LogP contribution < -0.4 is 33.2 Å².